The van der Waals surface area contributed by atoms with Crippen LogP contribution in [-0.2, 0) is 15.6 Å². The van der Waals surface area contributed by atoms with E-state index in [1.54, 1.807) is 11.8 Å². The van der Waals surface area contributed by atoms with Gasteiger partial charge in [0.25, 0.3) is 5.91 Å². The maximum atomic E-state index is 12.7. The van der Waals surface area contributed by atoms with Crippen LogP contribution in [0.4, 0.5) is 11.4 Å². The average Bonchev–Trinajstić information content (AvgIpc) is 3.20. The Morgan fingerprint density at radius 3 is 1.83 bits per heavy atom. The van der Waals surface area contributed by atoms with E-state index >= 15 is 0 Å². The maximum Gasteiger partial charge on any atom is 0.255 e. The number of carbonyl (C=O) groups is 2. The zero-order valence-corrected chi connectivity index (χ0v) is 22.2. The third-order valence-corrected chi connectivity index (χ3v) is 7.56. The van der Waals surface area contributed by atoms with Gasteiger partial charge in [0.1, 0.15) is 5.37 Å². The van der Waals surface area contributed by atoms with Crippen LogP contribution in [0.2, 0.25) is 0 Å². The topological polar surface area (TPSA) is 49.4 Å². The summed E-state index contributed by atoms with van der Waals surface area (Å²) in [6.45, 7) is 13.0. The summed E-state index contributed by atoms with van der Waals surface area (Å²) in [7, 11) is 0. The molecule has 4 nitrogen and oxygen atoms in total. The summed E-state index contributed by atoms with van der Waals surface area (Å²) >= 11 is 1.63. The fraction of sp³-hybridized carbons (Fsp3) is 0.333. The normalized spacial score (nSPS) is 16.5. The molecule has 1 N–H and O–H groups in total. The van der Waals surface area contributed by atoms with Crippen molar-refractivity contribution in [1.82, 2.24) is 0 Å². The third-order valence-electron chi connectivity index (χ3n) is 6.35. The maximum absolute atomic E-state index is 12.7. The zero-order valence-electron chi connectivity index (χ0n) is 21.4. The van der Waals surface area contributed by atoms with Crippen molar-refractivity contribution >= 4 is 35.0 Å². The largest absolute Gasteiger partial charge is 0.322 e. The lowest BCUT2D eigenvalue weighted by Gasteiger charge is -2.26. The lowest BCUT2D eigenvalue weighted by atomic mass is 9.87. The monoisotopic (exact) mass is 486 g/mol. The Kier molecular flexibility index (Phi) is 6.83. The van der Waals surface area contributed by atoms with Gasteiger partial charge in [-0.3, -0.25) is 14.5 Å². The summed E-state index contributed by atoms with van der Waals surface area (Å²) in [5.74, 6) is 0.429. The van der Waals surface area contributed by atoms with Crippen LogP contribution in [0.15, 0.2) is 72.8 Å². The molecule has 1 unspecified atom stereocenters. The van der Waals surface area contributed by atoms with Gasteiger partial charge in [-0.2, -0.15) is 0 Å². The van der Waals surface area contributed by atoms with E-state index in [2.05, 4.69) is 59.0 Å². The Balaban J connectivity index is 1.47. The van der Waals surface area contributed by atoms with Crippen LogP contribution in [0.3, 0.4) is 0 Å². The van der Waals surface area contributed by atoms with Gasteiger partial charge in [-0.15, -0.1) is 11.8 Å². The number of carbonyl (C=O) groups excluding carboxylic acids is 2. The summed E-state index contributed by atoms with van der Waals surface area (Å²) in [6.07, 6.45) is 0. The highest BCUT2D eigenvalue weighted by atomic mass is 32.2. The molecule has 182 valence electrons. The van der Waals surface area contributed by atoms with Crippen molar-refractivity contribution in [3.8, 4) is 0 Å². The van der Waals surface area contributed by atoms with E-state index in [4.69, 9.17) is 0 Å². The second-order valence-corrected chi connectivity index (χ2v) is 12.2. The number of rotatable bonds is 4. The number of anilines is 2. The summed E-state index contributed by atoms with van der Waals surface area (Å²) in [6, 6.07) is 23.8. The Morgan fingerprint density at radius 2 is 1.31 bits per heavy atom. The first-order chi connectivity index (χ1) is 16.4. The van der Waals surface area contributed by atoms with E-state index in [0.717, 1.165) is 16.9 Å². The number of hydrogen-bond donors (Lipinski definition) is 1. The quantitative estimate of drug-likeness (QED) is 0.420. The molecular weight excluding hydrogens is 452 g/mol. The van der Waals surface area contributed by atoms with E-state index in [1.165, 1.54) is 11.1 Å². The molecule has 3 aromatic rings. The summed E-state index contributed by atoms with van der Waals surface area (Å²) < 4.78 is 0. The van der Waals surface area contributed by atoms with Crippen molar-refractivity contribution in [2.24, 2.45) is 0 Å². The zero-order chi connectivity index (χ0) is 25.4. The fourth-order valence-electron chi connectivity index (χ4n) is 4.13. The minimum Gasteiger partial charge on any atom is -0.322 e. The van der Waals surface area contributed by atoms with E-state index in [9.17, 15) is 9.59 Å². The molecule has 1 fully saturated rings. The minimum atomic E-state index is -0.135. The molecule has 5 heteroatoms. The molecule has 0 saturated carbocycles. The molecule has 1 atom stereocenters. The van der Waals surface area contributed by atoms with E-state index in [0.29, 0.717) is 11.3 Å². The Hall–Kier alpha value is -3.05. The molecule has 1 aliphatic rings. The predicted octanol–water partition coefficient (Wildman–Crippen LogP) is 7.31. The number of nitrogens with zero attached hydrogens (tertiary/aromatic N) is 1. The summed E-state index contributed by atoms with van der Waals surface area (Å²) in [5, 5.41) is 2.89. The van der Waals surface area contributed by atoms with Gasteiger partial charge < -0.3 is 5.32 Å². The molecule has 1 aliphatic heterocycles. The molecule has 0 radical (unpaired) electrons. The van der Waals surface area contributed by atoms with Crippen LogP contribution in [-0.4, -0.2) is 17.6 Å². The number of hydrogen-bond acceptors (Lipinski definition) is 3. The van der Waals surface area contributed by atoms with Crippen LogP contribution >= 0.6 is 11.8 Å². The SMILES string of the molecule is CC(C)(C)c1ccc(C(=O)Nc2ccc(C3SCC(=O)N3c3ccc(C(C)(C)C)cc3)cc2)cc1. The molecule has 0 spiro atoms. The molecular formula is C30H34N2O2S. The Bertz CT molecular complexity index is 1200. The molecule has 2 amide bonds. The fourth-order valence-corrected chi connectivity index (χ4v) is 5.31. The smallest absolute Gasteiger partial charge is 0.255 e. The highest BCUT2D eigenvalue weighted by Crippen LogP contribution is 2.42. The summed E-state index contributed by atoms with van der Waals surface area (Å²) in [4.78, 5) is 27.3. The molecule has 0 bridgehead atoms. The minimum absolute atomic E-state index is 0.0486. The highest BCUT2D eigenvalue weighted by molar-refractivity contribution is 8.00. The summed E-state index contributed by atoms with van der Waals surface area (Å²) in [5.41, 5.74) is 5.86. The van der Waals surface area contributed by atoms with Gasteiger partial charge in [-0.1, -0.05) is 77.9 Å². The van der Waals surface area contributed by atoms with Gasteiger partial charge in [0.15, 0.2) is 0 Å². The van der Waals surface area contributed by atoms with Gasteiger partial charge in [0, 0.05) is 16.9 Å². The highest BCUT2D eigenvalue weighted by Gasteiger charge is 2.34. The van der Waals surface area contributed by atoms with Crippen molar-refractivity contribution in [1.29, 1.82) is 0 Å². The average molecular weight is 487 g/mol. The van der Waals surface area contributed by atoms with Gasteiger partial charge in [0.05, 0.1) is 5.75 Å². The lowest BCUT2D eigenvalue weighted by Crippen LogP contribution is -2.28. The van der Waals surface area contributed by atoms with Crippen LogP contribution in [0, 0.1) is 0 Å². The van der Waals surface area contributed by atoms with E-state index in [-0.39, 0.29) is 28.0 Å². The van der Waals surface area contributed by atoms with Gasteiger partial charge in [-0.05, 0) is 63.9 Å². The lowest BCUT2D eigenvalue weighted by molar-refractivity contribution is -0.115. The Labute approximate surface area is 213 Å². The van der Waals surface area contributed by atoms with Crippen molar-refractivity contribution in [2.75, 3.05) is 16.0 Å². The molecule has 1 saturated heterocycles. The third kappa shape index (κ3) is 5.62. The molecule has 4 rings (SSSR count). The van der Waals surface area contributed by atoms with Gasteiger partial charge >= 0.3 is 0 Å². The second-order valence-electron chi connectivity index (χ2n) is 11.1. The van der Waals surface area contributed by atoms with Crippen LogP contribution in [0.1, 0.15) is 74.0 Å². The van der Waals surface area contributed by atoms with Gasteiger partial charge in [-0.25, -0.2) is 0 Å². The van der Waals surface area contributed by atoms with Crippen molar-refractivity contribution in [2.45, 2.75) is 57.7 Å². The number of benzene rings is 3. The van der Waals surface area contributed by atoms with E-state index in [1.807, 2.05) is 65.6 Å². The number of amides is 2. The van der Waals surface area contributed by atoms with E-state index < -0.39 is 0 Å². The molecule has 0 aromatic heterocycles. The number of thioether (sulfide) groups is 1. The van der Waals surface area contributed by atoms with Crippen LogP contribution in [0.25, 0.3) is 0 Å². The molecule has 0 aliphatic carbocycles. The standard InChI is InChI=1S/C30H34N2O2S/c1-29(2,3)22-11-7-20(8-12-22)27(34)31-24-15-9-21(10-16-24)28-32(26(33)19-35-28)25-17-13-23(14-18-25)30(4,5)6/h7-18,28H,19H2,1-6H3,(H,31,34). The van der Waals surface area contributed by atoms with Crippen LogP contribution < -0.4 is 10.2 Å². The van der Waals surface area contributed by atoms with Crippen LogP contribution in [0.5, 0.6) is 0 Å². The first kappa shape index (κ1) is 25.1. The first-order valence-electron chi connectivity index (χ1n) is 12.0. The molecule has 3 aromatic carbocycles. The van der Waals surface area contributed by atoms with Crippen molar-refractivity contribution < 1.29 is 9.59 Å². The van der Waals surface area contributed by atoms with Crippen molar-refractivity contribution in [3.63, 3.8) is 0 Å². The second kappa shape index (κ2) is 9.54. The molecule has 35 heavy (non-hydrogen) atoms. The Morgan fingerprint density at radius 1 is 0.800 bits per heavy atom. The first-order valence-corrected chi connectivity index (χ1v) is 13.0. The van der Waals surface area contributed by atoms with Crippen molar-refractivity contribution in [3.05, 3.63) is 95.1 Å². The predicted molar refractivity (Wildman–Crippen MR) is 147 cm³/mol. The number of nitrogens with one attached hydrogen (secondary N) is 1. The van der Waals surface area contributed by atoms with Gasteiger partial charge in [0.2, 0.25) is 5.91 Å². The molecule has 1 heterocycles.